The molecule has 80 valence electrons. The van der Waals surface area contributed by atoms with Crippen LogP contribution in [0, 0.1) is 0 Å². The molecule has 0 heterocycles. The molecule has 0 fully saturated rings. The third-order valence-corrected chi connectivity index (χ3v) is 2.30. The highest BCUT2D eigenvalue weighted by Gasteiger charge is 2.37. The first-order chi connectivity index (χ1) is 6.33. The van der Waals surface area contributed by atoms with Gasteiger partial charge in [0.1, 0.15) is 0 Å². The fourth-order valence-corrected chi connectivity index (χ4v) is 1.36. The number of hydrogen-bond acceptors (Lipinski definition) is 2. The van der Waals surface area contributed by atoms with Gasteiger partial charge in [0.05, 0.1) is 5.60 Å². The van der Waals surface area contributed by atoms with E-state index in [9.17, 15) is 18.7 Å². The first kappa shape index (κ1) is 11.1. The van der Waals surface area contributed by atoms with Crippen LogP contribution < -0.4 is 0 Å². The van der Waals surface area contributed by atoms with E-state index in [2.05, 4.69) is 0 Å². The maximum atomic E-state index is 12.6. The molecule has 0 saturated carbocycles. The molecule has 1 unspecified atom stereocenters. The summed E-state index contributed by atoms with van der Waals surface area (Å²) in [6.45, 7) is 0. The van der Waals surface area contributed by atoms with Gasteiger partial charge >= 0.3 is 5.97 Å². The van der Waals surface area contributed by atoms with Crippen molar-refractivity contribution < 1.29 is 23.8 Å². The minimum atomic E-state index is -2.87. The van der Waals surface area contributed by atoms with Gasteiger partial charge in [0.15, 0.2) is 0 Å². The molecule has 0 aromatic rings. The van der Waals surface area contributed by atoms with E-state index in [-0.39, 0.29) is 19.3 Å². The van der Waals surface area contributed by atoms with Gasteiger partial charge < -0.3 is 10.2 Å². The van der Waals surface area contributed by atoms with E-state index >= 15 is 0 Å². The lowest BCUT2D eigenvalue weighted by molar-refractivity contribution is -0.138. The standard InChI is InChI=1S/C9H12F2O3/c10-9(11)5-3-8(14,4-6-9)2-1-7(12)13/h3,5,14H,1-2,4,6H2,(H,12,13). The summed E-state index contributed by atoms with van der Waals surface area (Å²) >= 11 is 0. The van der Waals surface area contributed by atoms with Gasteiger partial charge in [-0.15, -0.1) is 0 Å². The Morgan fingerprint density at radius 3 is 2.43 bits per heavy atom. The first-order valence-corrected chi connectivity index (χ1v) is 4.35. The van der Waals surface area contributed by atoms with Crippen molar-refractivity contribution in [3.05, 3.63) is 12.2 Å². The third kappa shape index (κ3) is 3.06. The van der Waals surface area contributed by atoms with Gasteiger partial charge in [-0.1, -0.05) is 6.08 Å². The maximum absolute atomic E-state index is 12.6. The minimum Gasteiger partial charge on any atom is -0.481 e. The van der Waals surface area contributed by atoms with Crippen LogP contribution in [0.1, 0.15) is 25.7 Å². The summed E-state index contributed by atoms with van der Waals surface area (Å²) in [7, 11) is 0. The monoisotopic (exact) mass is 206 g/mol. The minimum absolute atomic E-state index is 0.0189. The van der Waals surface area contributed by atoms with Crippen LogP contribution in [0.25, 0.3) is 0 Å². The topological polar surface area (TPSA) is 57.5 Å². The predicted molar refractivity (Wildman–Crippen MR) is 45.1 cm³/mol. The van der Waals surface area contributed by atoms with Crippen LogP contribution in [0.4, 0.5) is 8.78 Å². The molecule has 0 bridgehead atoms. The average molecular weight is 206 g/mol. The summed E-state index contributed by atoms with van der Waals surface area (Å²) in [6.07, 6.45) is 0.905. The molecule has 2 N–H and O–H groups in total. The van der Waals surface area contributed by atoms with Crippen molar-refractivity contribution in [1.29, 1.82) is 0 Å². The van der Waals surface area contributed by atoms with Crippen molar-refractivity contribution in [2.45, 2.75) is 37.2 Å². The van der Waals surface area contributed by atoms with Crippen LogP contribution >= 0.6 is 0 Å². The van der Waals surface area contributed by atoms with Crippen LogP contribution in [0.2, 0.25) is 0 Å². The molecule has 5 heteroatoms. The largest absolute Gasteiger partial charge is 0.481 e. The number of alkyl halides is 2. The lowest BCUT2D eigenvalue weighted by Crippen LogP contribution is -2.34. The second-order valence-electron chi connectivity index (χ2n) is 3.59. The number of carboxylic acids is 1. The Bertz CT molecular complexity index is 263. The van der Waals surface area contributed by atoms with Crippen molar-refractivity contribution in [1.82, 2.24) is 0 Å². The fraction of sp³-hybridized carbons (Fsp3) is 0.667. The number of halogens is 2. The molecule has 3 nitrogen and oxygen atoms in total. The van der Waals surface area contributed by atoms with E-state index in [0.717, 1.165) is 6.08 Å². The van der Waals surface area contributed by atoms with E-state index in [1.165, 1.54) is 0 Å². The zero-order valence-electron chi connectivity index (χ0n) is 7.54. The molecular weight excluding hydrogens is 194 g/mol. The maximum Gasteiger partial charge on any atom is 0.303 e. The van der Waals surface area contributed by atoms with Gasteiger partial charge in [0.25, 0.3) is 5.92 Å². The highest BCUT2D eigenvalue weighted by molar-refractivity contribution is 5.66. The first-order valence-electron chi connectivity index (χ1n) is 4.35. The van der Waals surface area contributed by atoms with Crippen LogP contribution in [0.3, 0.4) is 0 Å². The predicted octanol–water partition coefficient (Wildman–Crippen LogP) is 1.57. The summed E-state index contributed by atoms with van der Waals surface area (Å²) in [4.78, 5) is 10.2. The summed E-state index contributed by atoms with van der Waals surface area (Å²) < 4.78 is 25.3. The molecule has 0 aromatic heterocycles. The number of aliphatic carboxylic acids is 1. The van der Waals surface area contributed by atoms with Crippen LogP contribution in [0.5, 0.6) is 0 Å². The van der Waals surface area contributed by atoms with Gasteiger partial charge in [-0.2, -0.15) is 0 Å². The molecule has 1 aliphatic carbocycles. The normalized spacial score (nSPS) is 30.2. The number of carbonyl (C=O) groups is 1. The van der Waals surface area contributed by atoms with Gasteiger partial charge in [-0.3, -0.25) is 4.79 Å². The van der Waals surface area contributed by atoms with E-state index < -0.39 is 23.9 Å². The smallest absolute Gasteiger partial charge is 0.303 e. The van der Waals surface area contributed by atoms with Crippen molar-refractivity contribution in [2.24, 2.45) is 0 Å². The van der Waals surface area contributed by atoms with Crippen molar-refractivity contribution in [3.63, 3.8) is 0 Å². The number of carboxylic acid groups (broad SMARTS) is 1. The van der Waals surface area contributed by atoms with Crippen LogP contribution in [-0.2, 0) is 4.79 Å². The van der Waals surface area contributed by atoms with Crippen molar-refractivity contribution in [3.8, 4) is 0 Å². The summed E-state index contributed by atoms with van der Waals surface area (Å²) in [5.74, 6) is -3.90. The Morgan fingerprint density at radius 2 is 2.00 bits per heavy atom. The number of aliphatic hydroxyl groups is 1. The molecule has 1 rings (SSSR count). The fourth-order valence-electron chi connectivity index (χ4n) is 1.36. The molecule has 0 amide bonds. The van der Waals surface area contributed by atoms with Crippen LogP contribution in [0.15, 0.2) is 12.2 Å². The Kier molecular flexibility index (Phi) is 2.89. The second kappa shape index (κ2) is 3.65. The van der Waals surface area contributed by atoms with Gasteiger partial charge in [0.2, 0.25) is 0 Å². The lowest BCUT2D eigenvalue weighted by Gasteiger charge is -2.30. The van der Waals surface area contributed by atoms with Gasteiger partial charge in [-0.25, -0.2) is 8.78 Å². The SMILES string of the molecule is O=C(O)CCC1(O)C=CC(F)(F)CC1. The number of hydrogen-bond donors (Lipinski definition) is 2. The summed E-state index contributed by atoms with van der Waals surface area (Å²) in [5.41, 5.74) is -1.37. The van der Waals surface area contributed by atoms with E-state index in [0.29, 0.717) is 6.08 Å². The van der Waals surface area contributed by atoms with Gasteiger partial charge in [-0.05, 0) is 18.9 Å². The quantitative estimate of drug-likeness (QED) is 0.689. The Balaban J connectivity index is 2.56. The Labute approximate surface area is 80.0 Å². The van der Waals surface area contributed by atoms with E-state index in [1.54, 1.807) is 0 Å². The van der Waals surface area contributed by atoms with Crippen LogP contribution in [-0.4, -0.2) is 27.7 Å². The average Bonchev–Trinajstić information content (AvgIpc) is 2.08. The summed E-state index contributed by atoms with van der Waals surface area (Å²) in [6, 6.07) is 0. The Hall–Kier alpha value is -0.970. The second-order valence-corrected chi connectivity index (χ2v) is 3.59. The zero-order valence-corrected chi connectivity index (χ0v) is 7.54. The molecule has 1 atom stereocenters. The number of rotatable bonds is 3. The molecule has 0 saturated heterocycles. The molecule has 0 aromatic carbocycles. The Morgan fingerprint density at radius 1 is 1.36 bits per heavy atom. The molecule has 14 heavy (non-hydrogen) atoms. The highest BCUT2D eigenvalue weighted by Crippen LogP contribution is 2.34. The lowest BCUT2D eigenvalue weighted by atomic mass is 9.85. The molecule has 0 aliphatic heterocycles. The molecule has 1 aliphatic rings. The third-order valence-electron chi connectivity index (χ3n) is 2.30. The molecular formula is C9H12F2O3. The van der Waals surface area contributed by atoms with E-state index in [1.807, 2.05) is 0 Å². The highest BCUT2D eigenvalue weighted by atomic mass is 19.3. The number of allylic oxidation sites excluding steroid dienone is 1. The molecule has 0 radical (unpaired) electrons. The zero-order chi connectivity index (χ0) is 10.8. The van der Waals surface area contributed by atoms with E-state index in [4.69, 9.17) is 5.11 Å². The van der Waals surface area contributed by atoms with Crippen molar-refractivity contribution in [2.75, 3.05) is 0 Å². The van der Waals surface area contributed by atoms with Gasteiger partial charge in [0, 0.05) is 12.8 Å². The van der Waals surface area contributed by atoms with Crippen molar-refractivity contribution >= 4 is 5.97 Å². The summed E-state index contributed by atoms with van der Waals surface area (Å²) in [5, 5.41) is 18.0. The molecule has 0 spiro atoms.